The van der Waals surface area contributed by atoms with Crippen LogP contribution in [0.3, 0.4) is 0 Å². The standard InChI is InChI=1S/C26H31N5OS/c1-6-22(30(4)5)25-28-29-26(31(25)16-19-12-8-7-9-13-19)33-18(3)24(32)23-17(2)27-21-15-11-10-14-20(21)23/h7-15,18,22,27H,6,16H2,1-5H3/t18-,22-/m1/s1. The molecule has 0 aliphatic rings. The number of carbonyl (C=O) groups excluding carboxylic acids is 1. The highest BCUT2D eigenvalue weighted by Gasteiger charge is 2.27. The first-order valence-corrected chi connectivity index (χ1v) is 12.2. The van der Waals surface area contributed by atoms with Crippen LogP contribution in [0.1, 0.15) is 53.7 Å². The van der Waals surface area contributed by atoms with Crippen molar-refractivity contribution < 1.29 is 4.79 Å². The number of H-pyrrole nitrogens is 1. The lowest BCUT2D eigenvalue weighted by molar-refractivity contribution is 0.0995. The highest BCUT2D eigenvalue weighted by molar-refractivity contribution is 8.00. The Bertz CT molecular complexity index is 1240. The minimum absolute atomic E-state index is 0.102. The van der Waals surface area contributed by atoms with Crippen molar-refractivity contribution >= 4 is 28.4 Å². The van der Waals surface area contributed by atoms with Crippen LogP contribution in [0.5, 0.6) is 0 Å². The first-order valence-electron chi connectivity index (χ1n) is 11.3. The van der Waals surface area contributed by atoms with Crippen LogP contribution in [0, 0.1) is 6.92 Å². The van der Waals surface area contributed by atoms with Crippen LogP contribution in [0.4, 0.5) is 0 Å². The molecule has 4 aromatic rings. The van der Waals surface area contributed by atoms with Crippen LogP contribution < -0.4 is 0 Å². The maximum absolute atomic E-state index is 13.5. The number of para-hydroxylation sites is 1. The van der Waals surface area contributed by atoms with Gasteiger partial charge in [0, 0.05) is 22.2 Å². The van der Waals surface area contributed by atoms with Gasteiger partial charge in [0.25, 0.3) is 0 Å². The third-order valence-corrected chi connectivity index (χ3v) is 7.11. The third-order valence-electron chi connectivity index (χ3n) is 6.03. The van der Waals surface area contributed by atoms with E-state index in [0.717, 1.165) is 39.6 Å². The van der Waals surface area contributed by atoms with Crippen molar-refractivity contribution in [3.63, 3.8) is 0 Å². The maximum atomic E-state index is 13.5. The number of nitrogens with one attached hydrogen (secondary N) is 1. The molecule has 2 heterocycles. The Balaban J connectivity index is 1.67. The largest absolute Gasteiger partial charge is 0.358 e. The molecule has 0 aliphatic heterocycles. The molecule has 2 aromatic heterocycles. The number of Topliss-reactive ketones (excluding diaryl/α,β-unsaturated/α-hetero) is 1. The van der Waals surface area contributed by atoms with Gasteiger partial charge in [-0.3, -0.25) is 9.69 Å². The van der Waals surface area contributed by atoms with Crippen LogP contribution in [-0.4, -0.2) is 49.8 Å². The molecule has 0 bridgehead atoms. The number of aromatic amines is 1. The fourth-order valence-electron chi connectivity index (χ4n) is 4.34. The van der Waals surface area contributed by atoms with Crippen molar-refractivity contribution in [2.75, 3.05) is 14.1 Å². The van der Waals surface area contributed by atoms with Crippen LogP contribution in [0.25, 0.3) is 10.9 Å². The lowest BCUT2D eigenvalue weighted by Gasteiger charge is -2.23. The third kappa shape index (κ3) is 4.75. The fraction of sp³-hybridized carbons (Fsp3) is 0.346. The van der Waals surface area contributed by atoms with Crippen molar-refractivity contribution in [1.82, 2.24) is 24.6 Å². The molecular formula is C26H31N5OS. The van der Waals surface area contributed by atoms with E-state index in [9.17, 15) is 4.79 Å². The monoisotopic (exact) mass is 461 g/mol. The summed E-state index contributed by atoms with van der Waals surface area (Å²) in [6, 6.07) is 18.4. The van der Waals surface area contributed by atoms with E-state index in [2.05, 4.69) is 57.8 Å². The Morgan fingerprint density at radius 2 is 1.79 bits per heavy atom. The quantitative estimate of drug-likeness (QED) is 0.264. The van der Waals surface area contributed by atoms with Gasteiger partial charge in [-0.25, -0.2) is 0 Å². The van der Waals surface area contributed by atoms with Gasteiger partial charge in [-0.05, 0) is 46.0 Å². The second kappa shape index (κ2) is 9.93. The number of aromatic nitrogens is 4. The summed E-state index contributed by atoms with van der Waals surface area (Å²) in [5, 5.41) is 10.6. The van der Waals surface area contributed by atoms with Crippen molar-refractivity contribution in [1.29, 1.82) is 0 Å². The highest BCUT2D eigenvalue weighted by atomic mass is 32.2. The van der Waals surface area contributed by atoms with Gasteiger partial charge in [-0.1, -0.05) is 67.2 Å². The van der Waals surface area contributed by atoms with E-state index in [1.165, 1.54) is 17.3 Å². The van der Waals surface area contributed by atoms with E-state index in [1.54, 1.807) is 0 Å². The summed E-state index contributed by atoms with van der Waals surface area (Å²) in [7, 11) is 4.13. The Morgan fingerprint density at radius 3 is 2.48 bits per heavy atom. The second-order valence-electron chi connectivity index (χ2n) is 8.60. The zero-order valence-electron chi connectivity index (χ0n) is 19.9. The molecule has 172 valence electrons. The molecule has 4 rings (SSSR count). The summed E-state index contributed by atoms with van der Waals surface area (Å²) >= 11 is 1.48. The molecule has 0 saturated carbocycles. The molecule has 0 aliphatic carbocycles. The molecule has 1 N–H and O–H groups in total. The molecule has 0 fully saturated rings. The normalized spacial score (nSPS) is 13.5. The summed E-state index contributed by atoms with van der Waals surface area (Å²) in [6.45, 7) is 6.75. The molecule has 0 radical (unpaired) electrons. The van der Waals surface area contributed by atoms with E-state index >= 15 is 0 Å². The van der Waals surface area contributed by atoms with Crippen LogP contribution >= 0.6 is 11.8 Å². The minimum atomic E-state index is -0.297. The zero-order valence-corrected chi connectivity index (χ0v) is 20.7. The molecule has 0 amide bonds. The van der Waals surface area contributed by atoms with Gasteiger partial charge in [0.15, 0.2) is 16.8 Å². The number of carbonyl (C=O) groups is 1. The second-order valence-corrected chi connectivity index (χ2v) is 9.90. The minimum Gasteiger partial charge on any atom is -0.358 e. The Morgan fingerprint density at radius 1 is 1.09 bits per heavy atom. The number of nitrogens with zero attached hydrogens (tertiary/aromatic N) is 4. The zero-order chi connectivity index (χ0) is 23.5. The lowest BCUT2D eigenvalue weighted by Crippen LogP contribution is -2.23. The maximum Gasteiger partial charge on any atom is 0.192 e. The van der Waals surface area contributed by atoms with Crippen molar-refractivity contribution in [3.8, 4) is 0 Å². The number of benzene rings is 2. The summed E-state index contributed by atoms with van der Waals surface area (Å²) in [6.07, 6.45) is 0.924. The van der Waals surface area contributed by atoms with Gasteiger partial charge in [0.05, 0.1) is 17.8 Å². The Hall–Kier alpha value is -2.90. The van der Waals surface area contributed by atoms with E-state index in [4.69, 9.17) is 0 Å². The van der Waals surface area contributed by atoms with Gasteiger partial charge in [-0.15, -0.1) is 10.2 Å². The van der Waals surface area contributed by atoms with Gasteiger partial charge < -0.3 is 9.55 Å². The SMILES string of the molecule is CC[C@H](c1nnc(S[C@H](C)C(=O)c2c(C)[nH]c3ccccc23)n1Cc1ccccc1)N(C)C. The summed E-state index contributed by atoms with van der Waals surface area (Å²) in [4.78, 5) is 19.0. The predicted molar refractivity (Wildman–Crippen MR) is 135 cm³/mol. The number of fused-ring (bicyclic) bond motifs is 1. The first kappa shape index (κ1) is 23.3. The molecular weight excluding hydrogens is 430 g/mol. The van der Waals surface area contributed by atoms with Crippen molar-refractivity contribution in [2.45, 2.75) is 50.2 Å². The number of thioether (sulfide) groups is 1. The van der Waals surface area contributed by atoms with E-state index in [1.807, 2.05) is 56.3 Å². The molecule has 0 spiro atoms. The van der Waals surface area contributed by atoms with Crippen LogP contribution in [0.2, 0.25) is 0 Å². The fourth-order valence-corrected chi connectivity index (χ4v) is 5.25. The van der Waals surface area contributed by atoms with E-state index in [-0.39, 0.29) is 17.1 Å². The molecule has 6 nitrogen and oxygen atoms in total. The lowest BCUT2D eigenvalue weighted by atomic mass is 10.1. The number of ketones is 1. The molecule has 0 saturated heterocycles. The van der Waals surface area contributed by atoms with Gasteiger partial charge in [0.1, 0.15) is 0 Å². The van der Waals surface area contributed by atoms with Crippen LogP contribution in [0.15, 0.2) is 59.8 Å². The molecule has 2 atom stereocenters. The Labute approximate surface area is 199 Å². The van der Waals surface area contributed by atoms with Gasteiger partial charge in [-0.2, -0.15) is 0 Å². The van der Waals surface area contributed by atoms with Crippen molar-refractivity contribution in [3.05, 3.63) is 77.2 Å². The summed E-state index contributed by atoms with van der Waals surface area (Å²) < 4.78 is 2.17. The number of rotatable bonds is 9. The number of hydrogen-bond donors (Lipinski definition) is 1. The number of hydrogen-bond acceptors (Lipinski definition) is 5. The molecule has 33 heavy (non-hydrogen) atoms. The predicted octanol–water partition coefficient (Wildman–Crippen LogP) is 5.49. The average molecular weight is 462 g/mol. The smallest absolute Gasteiger partial charge is 0.192 e. The number of aryl methyl sites for hydroxylation is 1. The first-order chi connectivity index (χ1) is 15.9. The summed E-state index contributed by atoms with van der Waals surface area (Å²) in [5.41, 5.74) is 3.83. The average Bonchev–Trinajstić information content (AvgIpc) is 3.34. The Kier molecular flexibility index (Phi) is 7.00. The van der Waals surface area contributed by atoms with Crippen molar-refractivity contribution in [2.24, 2.45) is 0 Å². The van der Waals surface area contributed by atoms with Gasteiger partial charge >= 0.3 is 0 Å². The molecule has 0 unspecified atom stereocenters. The van der Waals surface area contributed by atoms with Gasteiger partial charge in [0.2, 0.25) is 0 Å². The molecule has 2 aromatic carbocycles. The van der Waals surface area contributed by atoms with Crippen LogP contribution in [-0.2, 0) is 6.54 Å². The van der Waals surface area contributed by atoms with E-state index in [0.29, 0.717) is 6.54 Å². The molecule has 7 heteroatoms. The van der Waals surface area contributed by atoms with E-state index < -0.39 is 0 Å². The topological polar surface area (TPSA) is 66.8 Å². The summed E-state index contributed by atoms with van der Waals surface area (Å²) in [5.74, 6) is 1.03. The highest BCUT2D eigenvalue weighted by Crippen LogP contribution is 2.32.